The lowest BCUT2D eigenvalue weighted by Gasteiger charge is -2.10. The molecule has 0 saturated carbocycles. The van der Waals surface area contributed by atoms with E-state index in [0.29, 0.717) is 43.1 Å². The van der Waals surface area contributed by atoms with Crippen molar-refractivity contribution >= 4 is 11.6 Å². The van der Waals surface area contributed by atoms with Crippen LogP contribution in [0.1, 0.15) is 35.4 Å². The predicted molar refractivity (Wildman–Crippen MR) is 132 cm³/mol. The highest BCUT2D eigenvalue weighted by Gasteiger charge is 2.13. The predicted octanol–water partition coefficient (Wildman–Crippen LogP) is 3.15. The summed E-state index contributed by atoms with van der Waals surface area (Å²) in [5, 5.41) is 11.2. The number of aryl methyl sites for hydroxylation is 3. The van der Waals surface area contributed by atoms with Gasteiger partial charge < -0.3 is 14.8 Å². The number of carbonyl (C=O) groups excluding carboxylic acids is 1. The number of carbonyl (C=O) groups is 1. The number of hydrogen-bond acceptors (Lipinski definition) is 6. The largest absolute Gasteiger partial charge is 0.493 e. The van der Waals surface area contributed by atoms with Crippen molar-refractivity contribution in [3.8, 4) is 17.2 Å². The zero-order valence-corrected chi connectivity index (χ0v) is 20.4. The monoisotopic (exact) mass is 475 g/mol. The molecule has 1 N–H and O–H groups in total. The smallest absolute Gasteiger partial charge is 0.300 e. The fourth-order valence-electron chi connectivity index (χ4n) is 4.09. The van der Waals surface area contributed by atoms with Gasteiger partial charge in [-0.05, 0) is 61.2 Å². The van der Waals surface area contributed by atoms with Gasteiger partial charge in [0.15, 0.2) is 11.5 Å². The molecule has 0 saturated heterocycles. The maximum absolute atomic E-state index is 13.0. The average molecular weight is 476 g/mol. The standard InChI is InChI=1S/C26H29N5O4/c1-17-12-18(2)14-20(13-17)30-10-11-31-23(28-29-25(31)26(30)33)6-5-7-24(32)27-16-19-8-9-21(34-3)22(15-19)35-4/h8-15H,5-7,16H2,1-4H3,(H,27,32). The molecule has 2 heterocycles. The molecule has 2 aromatic heterocycles. The Hall–Kier alpha value is -4.14. The van der Waals surface area contributed by atoms with Gasteiger partial charge in [0.25, 0.3) is 0 Å². The minimum Gasteiger partial charge on any atom is -0.493 e. The normalized spacial score (nSPS) is 11.0. The quantitative estimate of drug-likeness (QED) is 0.399. The molecule has 1 amide bonds. The zero-order valence-electron chi connectivity index (χ0n) is 20.4. The molecule has 0 aliphatic rings. The molecule has 0 aliphatic carbocycles. The summed E-state index contributed by atoms with van der Waals surface area (Å²) in [5.74, 6) is 1.85. The van der Waals surface area contributed by atoms with Crippen molar-refractivity contribution in [2.24, 2.45) is 0 Å². The lowest BCUT2D eigenvalue weighted by molar-refractivity contribution is -0.121. The molecule has 2 aromatic carbocycles. The van der Waals surface area contributed by atoms with Crippen LogP contribution in [0.4, 0.5) is 0 Å². The molecule has 35 heavy (non-hydrogen) atoms. The van der Waals surface area contributed by atoms with E-state index in [0.717, 1.165) is 22.4 Å². The van der Waals surface area contributed by atoms with Crippen LogP contribution in [0.25, 0.3) is 11.3 Å². The van der Waals surface area contributed by atoms with Crippen molar-refractivity contribution in [3.05, 3.63) is 81.7 Å². The van der Waals surface area contributed by atoms with Crippen LogP contribution in [0.2, 0.25) is 0 Å². The molecule has 0 unspecified atom stereocenters. The van der Waals surface area contributed by atoms with Crippen molar-refractivity contribution < 1.29 is 14.3 Å². The van der Waals surface area contributed by atoms with Crippen LogP contribution < -0.4 is 20.3 Å². The topological polar surface area (TPSA) is 99.8 Å². The van der Waals surface area contributed by atoms with E-state index in [-0.39, 0.29) is 17.1 Å². The third-order valence-electron chi connectivity index (χ3n) is 5.77. The third-order valence-corrected chi connectivity index (χ3v) is 5.77. The molecule has 9 nitrogen and oxygen atoms in total. The van der Waals surface area contributed by atoms with Gasteiger partial charge in [-0.1, -0.05) is 12.1 Å². The third kappa shape index (κ3) is 5.34. The van der Waals surface area contributed by atoms with Gasteiger partial charge in [-0.25, -0.2) is 0 Å². The Bertz CT molecular complexity index is 1400. The fourth-order valence-corrected chi connectivity index (χ4v) is 4.09. The van der Waals surface area contributed by atoms with E-state index in [1.54, 1.807) is 35.6 Å². The first-order valence-corrected chi connectivity index (χ1v) is 11.4. The number of hydrogen-bond donors (Lipinski definition) is 1. The first-order chi connectivity index (χ1) is 16.9. The molecule has 9 heteroatoms. The second-order valence-corrected chi connectivity index (χ2v) is 8.45. The van der Waals surface area contributed by atoms with Crippen molar-refractivity contribution in [1.82, 2.24) is 24.5 Å². The number of ether oxygens (including phenoxy) is 2. The number of benzene rings is 2. The van der Waals surface area contributed by atoms with Crippen LogP contribution in [0, 0.1) is 13.8 Å². The summed E-state index contributed by atoms with van der Waals surface area (Å²) in [7, 11) is 3.16. The van der Waals surface area contributed by atoms with Gasteiger partial charge in [-0.15, -0.1) is 10.2 Å². The van der Waals surface area contributed by atoms with Gasteiger partial charge in [-0.3, -0.25) is 18.6 Å². The van der Waals surface area contributed by atoms with Gasteiger partial charge in [0.2, 0.25) is 11.6 Å². The summed E-state index contributed by atoms with van der Waals surface area (Å²) in [6.07, 6.45) is 4.96. The van der Waals surface area contributed by atoms with Crippen molar-refractivity contribution in [2.75, 3.05) is 14.2 Å². The number of rotatable bonds is 9. The summed E-state index contributed by atoms with van der Waals surface area (Å²) < 4.78 is 13.8. The molecule has 182 valence electrons. The summed E-state index contributed by atoms with van der Waals surface area (Å²) in [6.45, 7) is 4.39. The van der Waals surface area contributed by atoms with Crippen molar-refractivity contribution in [1.29, 1.82) is 0 Å². The molecular formula is C26H29N5O4. The molecule has 0 bridgehead atoms. The lowest BCUT2D eigenvalue weighted by Crippen LogP contribution is -2.22. The highest BCUT2D eigenvalue weighted by Crippen LogP contribution is 2.27. The Morgan fingerprint density at radius 1 is 0.971 bits per heavy atom. The zero-order chi connectivity index (χ0) is 24.9. The molecule has 0 atom stereocenters. The van der Waals surface area contributed by atoms with Crippen LogP contribution >= 0.6 is 0 Å². The molecule has 4 aromatic rings. The summed E-state index contributed by atoms with van der Waals surface area (Å²) >= 11 is 0. The minimum atomic E-state index is -0.232. The van der Waals surface area contributed by atoms with E-state index in [2.05, 4.69) is 21.6 Å². The molecule has 0 fully saturated rings. The van der Waals surface area contributed by atoms with E-state index < -0.39 is 0 Å². The van der Waals surface area contributed by atoms with E-state index >= 15 is 0 Å². The van der Waals surface area contributed by atoms with Gasteiger partial charge >= 0.3 is 5.56 Å². The van der Waals surface area contributed by atoms with Gasteiger partial charge in [0.05, 0.1) is 14.2 Å². The highest BCUT2D eigenvalue weighted by atomic mass is 16.5. The van der Waals surface area contributed by atoms with Crippen LogP contribution in [-0.4, -0.2) is 39.3 Å². The van der Waals surface area contributed by atoms with Gasteiger partial charge in [0.1, 0.15) is 5.82 Å². The molecule has 0 aliphatic heterocycles. The van der Waals surface area contributed by atoms with Crippen LogP contribution in [0.3, 0.4) is 0 Å². The second kappa shape index (κ2) is 10.4. The number of amides is 1. The molecule has 4 rings (SSSR count). The summed E-state index contributed by atoms with van der Waals surface area (Å²) in [6, 6.07) is 11.5. The van der Waals surface area contributed by atoms with Crippen molar-refractivity contribution in [2.45, 2.75) is 39.7 Å². The van der Waals surface area contributed by atoms with Gasteiger partial charge in [0, 0.05) is 37.5 Å². The Kier molecular flexibility index (Phi) is 7.14. The van der Waals surface area contributed by atoms with E-state index in [9.17, 15) is 9.59 Å². The van der Waals surface area contributed by atoms with Gasteiger partial charge in [-0.2, -0.15) is 0 Å². The number of fused-ring (bicyclic) bond motifs is 1. The minimum absolute atomic E-state index is 0.0641. The van der Waals surface area contributed by atoms with E-state index in [4.69, 9.17) is 9.47 Å². The lowest BCUT2D eigenvalue weighted by atomic mass is 10.1. The summed E-state index contributed by atoms with van der Waals surface area (Å²) in [5.41, 5.74) is 3.91. The average Bonchev–Trinajstić information content (AvgIpc) is 3.26. The SMILES string of the molecule is COc1ccc(CNC(=O)CCCc2nnc3c(=O)n(-c4cc(C)cc(C)c4)ccn23)cc1OC. The number of aromatic nitrogens is 4. The van der Waals surface area contributed by atoms with E-state index in [1.807, 2.05) is 44.2 Å². The Labute approximate surface area is 203 Å². The van der Waals surface area contributed by atoms with Crippen LogP contribution in [0.5, 0.6) is 11.5 Å². The maximum Gasteiger partial charge on any atom is 0.300 e. The number of nitrogens with zero attached hydrogens (tertiary/aromatic N) is 4. The maximum atomic E-state index is 13.0. The molecule has 0 radical (unpaired) electrons. The number of nitrogens with one attached hydrogen (secondary N) is 1. The fraction of sp³-hybridized carbons (Fsp3) is 0.308. The Morgan fingerprint density at radius 3 is 2.43 bits per heavy atom. The molecule has 0 spiro atoms. The Morgan fingerprint density at radius 2 is 1.71 bits per heavy atom. The molecular weight excluding hydrogens is 446 g/mol. The van der Waals surface area contributed by atoms with Crippen molar-refractivity contribution in [3.63, 3.8) is 0 Å². The van der Waals surface area contributed by atoms with Crippen LogP contribution in [0.15, 0.2) is 53.6 Å². The first-order valence-electron chi connectivity index (χ1n) is 11.4. The second-order valence-electron chi connectivity index (χ2n) is 8.45. The highest BCUT2D eigenvalue weighted by molar-refractivity contribution is 5.75. The Balaban J connectivity index is 1.37. The first kappa shape index (κ1) is 24.0. The number of methoxy groups -OCH3 is 2. The summed E-state index contributed by atoms with van der Waals surface area (Å²) in [4.78, 5) is 25.3. The van der Waals surface area contributed by atoms with E-state index in [1.165, 1.54) is 0 Å². The van der Waals surface area contributed by atoms with Crippen LogP contribution in [-0.2, 0) is 17.8 Å².